The fourth-order valence-corrected chi connectivity index (χ4v) is 5.38. The fraction of sp³-hybridized carbons (Fsp3) is 0.455. The molecule has 1 aromatic carbocycles. The van der Waals surface area contributed by atoms with Crippen molar-refractivity contribution in [3.63, 3.8) is 0 Å². The van der Waals surface area contributed by atoms with Gasteiger partial charge in [0.2, 0.25) is 15.9 Å². The molecule has 2 fully saturated rings. The highest BCUT2D eigenvalue weighted by Gasteiger charge is 2.35. The van der Waals surface area contributed by atoms with E-state index in [-0.39, 0.29) is 23.0 Å². The molecule has 0 spiro atoms. The zero-order valence-corrected chi connectivity index (χ0v) is 18.2. The van der Waals surface area contributed by atoms with Gasteiger partial charge in [-0.3, -0.25) is 0 Å². The molecule has 2 aliphatic rings. The van der Waals surface area contributed by atoms with Crippen LogP contribution in [0.15, 0.2) is 47.5 Å². The monoisotopic (exact) mass is 445 g/mol. The third kappa shape index (κ3) is 4.99. The van der Waals surface area contributed by atoms with Gasteiger partial charge in [-0.1, -0.05) is 23.8 Å². The first-order chi connectivity index (χ1) is 14.8. The smallest absolute Gasteiger partial charge is 0.407 e. The molecular weight excluding hydrogens is 418 g/mol. The summed E-state index contributed by atoms with van der Waals surface area (Å²) in [5, 5.41) is 9.14. The molecule has 1 amide bonds. The number of nitrogens with one attached hydrogen (secondary N) is 1. The summed E-state index contributed by atoms with van der Waals surface area (Å²) in [6.07, 6.45) is 3.34. The molecule has 0 atom stereocenters. The third-order valence-electron chi connectivity index (χ3n) is 6.03. The van der Waals surface area contributed by atoms with Crippen molar-refractivity contribution in [2.24, 2.45) is 0 Å². The summed E-state index contributed by atoms with van der Waals surface area (Å²) in [6.45, 7) is 2.92. The van der Waals surface area contributed by atoms with Crippen LogP contribution in [0.1, 0.15) is 42.7 Å². The Labute approximate surface area is 182 Å². The number of ether oxygens (including phenoxy) is 1. The van der Waals surface area contributed by atoms with Crippen molar-refractivity contribution in [2.45, 2.75) is 55.6 Å². The molecule has 31 heavy (non-hydrogen) atoms. The van der Waals surface area contributed by atoms with Crippen LogP contribution in [0.3, 0.4) is 0 Å². The molecule has 0 unspecified atom stereocenters. The van der Waals surface area contributed by atoms with E-state index in [1.165, 1.54) is 4.90 Å². The van der Waals surface area contributed by atoms with Crippen molar-refractivity contribution >= 4 is 16.1 Å². The summed E-state index contributed by atoms with van der Waals surface area (Å²) >= 11 is 0. The molecule has 166 valence electrons. The largest absolute Gasteiger partial charge is 0.474 e. The van der Waals surface area contributed by atoms with Crippen molar-refractivity contribution in [3.05, 3.63) is 53.7 Å². The summed E-state index contributed by atoms with van der Waals surface area (Å²) in [6, 6.07) is 10.5. The first kappa shape index (κ1) is 21.6. The van der Waals surface area contributed by atoms with Gasteiger partial charge < -0.3 is 14.7 Å². The molecular formula is C22H27N3O5S. The average Bonchev–Trinajstić information content (AvgIpc) is 2.73. The average molecular weight is 446 g/mol. The summed E-state index contributed by atoms with van der Waals surface area (Å²) in [7, 11) is -3.54. The van der Waals surface area contributed by atoms with E-state index in [1.54, 1.807) is 30.5 Å². The van der Waals surface area contributed by atoms with Crippen molar-refractivity contribution in [1.82, 2.24) is 14.6 Å². The molecule has 1 saturated carbocycles. The van der Waals surface area contributed by atoms with Crippen molar-refractivity contribution in [2.75, 3.05) is 13.1 Å². The van der Waals surface area contributed by atoms with Crippen LogP contribution in [-0.4, -0.2) is 54.7 Å². The number of sulfonamides is 1. The van der Waals surface area contributed by atoms with E-state index >= 15 is 0 Å². The van der Waals surface area contributed by atoms with E-state index in [1.807, 2.05) is 19.1 Å². The molecule has 1 saturated heterocycles. The Balaban J connectivity index is 1.33. The zero-order valence-electron chi connectivity index (χ0n) is 17.4. The number of hydrogen-bond acceptors (Lipinski definition) is 5. The van der Waals surface area contributed by atoms with Crippen LogP contribution in [0, 0.1) is 6.92 Å². The molecule has 1 aliphatic heterocycles. The van der Waals surface area contributed by atoms with Crippen LogP contribution in [0.2, 0.25) is 0 Å². The van der Waals surface area contributed by atoms with Crippen LogP contribution in [0.25, 0.3) is 0 Å². The predicted molar refractivity (Wildman–Crippen MR) is 115 cm³/mol. The van der Waals surface area contributed by atoms with Crippen LogP contribution in [0.4, 0.5) is 4.79 Å². The number of nitrogens with zero attached hydrogens (tertiary/aromatic N) is 2. The molecule has 0 radical (unpaired) electrons. The topological polar surface area (TPSA) is 109 Å². The number of aryl methyl sites for hydroxylation is 1. The highest BCUT2D eigenvalue weighted by atomic mass is 32.2. The lowest BCUT2D eigenvalue weighted by molar-refractivity contribution is 0.0871. The number of amides is 1. The molecule has 2 N–H and O–H groups in total. The fourth-order valence-electron chi connectivity index (χ4n) is 4.12. The highest BCUT2D eigenvalue weighted by Crippen LogP contribution is 2.35. The second-order valence-electron chi connectivity index (χ2n) is 8.28. The Kier molecular flexibility index (Phi) is 6.15. The standard InChI is InChI=1S/C22H27N3O5S/c1-15-4-6-19(7-5-15)31(28,29)24-17-13-18(14-17)30-21-20(3-2-10-23-21)16-8-11-25(12-9-16)22(26)27/h2-7,10,16-18,24H,8-9,11-14H2,1H3,(H,26,27). The van der Waals surface area contributed by atoms with Gasteiger partial charge in [-0.25, -0.2) is 22.9 Å². The quantitative estimate of drug-likeness (QED) is 0.707. The minimum atomic E-state index is -3.54. The van der Waals surface area contributed by atoms with Gasteiger partial charge in [0.25, 0.3) is 0 Å². The van der Waals surface area contributed by atoms with Gasteiger partial charge in [-0.15, -0.1) is 0 Å². The van der Waals surface area contributed by atoms with Crippen LogP contribution in [0.5, 0.6) is 5.88 Å². The number of carboxylic acid groups (broad SMARTS) is 1. The van der Waals surface area contributed by atoms with Crippen LogP contribution >= 0.6 is 0 Å². The van der Waals surface area contributed by atoms with Crippen molar-refractivity contribution < 1.29 is 23.1 Å². The zero-order chi connectivity index (χ0) is 22.0. The SMILES string of the molecule is Cc1ccc(S(=O)(=O)NC2CC(Oc3ncccc3C3CCN(C(=O)O)CC3)C2)cc1. The van der Waals surface area contributed by atoms with Gasteiger partial charge in [0, 0.05) is 43.7 Å². The van der Waals surface area contributed by atoms with E-state index in [0.29, 0.717) is 31.8 Å². The lowest BCUT2D eigenvalue weighted by Gasteiger charge is -2.36. The Morgan fingerprint density at radius 3 is 2.48 bits per heavy atom. The van der Waals surface area contributed by atoms with Gasteiger partial charge in [-0.05, 0) is 43.9 Å². The van der Waals surface area contributed by atoms with E-state index in [2.05, 4.69) is 9.71 Å². The van der Waals surface area contributed by atoms with Gasteiger partial charge in [0.15, 0.2) is 0 Å². The number of piperidine rings is 1. The van der Waals surface area contributed by atoms with Gasteiger partial charge in [0.05, 0.1) is 4.90 Å². The first-order valence-corrected chi connectivity index (χ1v) is 12.0. The Hall–Kier alpha value is -2.65. The summed E-state index contributed by atoms with van der Waals surface area (Å²) in [5.41, 5.74) is 2.01. The maximum Gasteiger partial charge on any atom is 0.407 e. The molecule has 1 aliphatic carbocycles. The molecule has 8 nitrogen and oxygen atoms in total. The summed E-state index contributed by atoms with van der Waals surface area (Å²) in [4.78, 5) is 17.2. The van der Waals surface area contributed by atoms with E-state index < -0.39 is 16.1 Å². The number of pyridine rings is 1. The third-order valence-corrected chi connectivity index (χ3v) is 7.57. The predicted octanol–water partition coefficient (Wildman–Crippen LogP) is 3.14. The van der Waals surface area contributed by atoms with Crippen LogP contribution < -0.4 is 9.46 Å². The van der Waals surface area contributed by atoms with Gasteiger partial charge in [-0.2, -0.15) is 0 Å². The molecule has 2 heterocycles. The molecule has 4 rings (SSSR count). The Morgan fingerprint density at radius 2 is 1.84 bits per heavy atom. The van der Waals surface area contributed by atoms with Gasteiger partial charge >= 0.3 is 6.09 Å². The molecule has 9 heteroatoms. The Bertz CT molecular complexity index is 1030. The molecule has 2 aromatic rings. The van der Waals surface area contributed by atoms with Gasteiger partial charge in [0.1, 0.15) is 6.10 Å². The number of carbonyl (C=O) groups is 1. The number of likely N-dealkylation sites (tertiary alicyclic amines) is 1. The number of benzene rings is 1. The lowest BCUT2D eigenvalue weighted by Crippen LogP contribution is -2.49. The Morgan fingerprint density at radius 1 is 1.16 bits per heavy atom. The second kappa shape index (κ2) is 8.84. The minimum absolute atomic E-state index is 0.0986. The summed E-state index contributed by atoms with van der Waals surface area (Å²) in [5.74, 6) is 0.774. The maximum atomic E-state index is 12.5. The van der Waals surface area contributed by atoms with Crippen molar-refractivity contribution in [3.8, 4) is 5.88 Å². The lowest BCUT2D eigenvalue weighted by atomic mass is 9.89. The number of rotatable bonds is 6. The summed E-state index contributed by atoms with van der Waals surface area (Å²) < 4.78 is 33.9. The van der Waals surface area contributed by atoms with Crippen molar-refractivity contribution in [1.29, 1.82) is 0 Å². The highest BCUT2D eigenvalue weighted by molar-refractivity contribution is 7.89. The minimum Gasteiger partial charge on any atom is -0.474 e. The number of aromatic nitrogens is 1. The number of hydrogen-bond donors (Lipinski definition) is 2. The first-order valence-electron chi connectivity index (χ1n) is 10.5. The second-order valence-corrected chi connectivity index (χ2v) is 10.00. The van der Waals surface area contributed by atoms with E-state index in [9.17, 15) is 13.2 Å². The van der Waals surface area contributed by atoms with Crippen LogP contribution in [-0.2, 0) is 10.0 Å². The normalized spacial score (nSPS) is 22.0. The van der Waals surface area contributed by atoms with E-state index in [0.717, 1.165) is 24.0 Å². The van der Waals surface area contributed by atoms with E-state index in [4.69, 9.17) is 9.84 Å². The molecule has 0 bridgehead atoms. The maximum absolute atomic E-state index is 12.5. The molecule has 1 aromatic heterocycles.